The van der Waals surface area contributed by atoms with Crippen LogP contribution in [0.3, 0.4) is 0 Å². The smallest absolute Gasteiger partial charge is 0.130 e. The van der Waals surface area contributed by atoms with Crippen molar-refractivity contribution in [3.63, 3.8) is 0 Å². The van der Waals surface area contributed by atoms with Crippen molar-refractivity contribution < 1.29 is 10.2 Å². The first-order chi connectivity index (χ1) is 6.64. The summed E-state index contributed by atoms with van der Waals surface area (Å²) < 4.78 is 0. The third-order valence-corrected chi connectivity index (χ3v) is 2.21. The summed E-state index contributed by atoms with van der Waals surface area (Å²) in [6, 6.07) is 8.92. The summed E-state index contributed by atoms with van der Waals surface area (Å²) in [5.41, 5.74) is -0.837. The first-order valence-electron chi connectivity index (χ1n) is 4.36. The summed E-state index contributed by atoms with van der Waals surface area (Å²) in [4.78, 5) is 0. The number of hydrogen-bond acceptors (Lipinski definition) is 2. The van der Waals surface area contributed by atoms with Crippen LogP contribution in [0.5, 0.6) is 0 Å². The average molecular weight is 190 g/mol. The van der Waals surface area contributed by atoms with E-state index in [9.17, 15) is 10.2 Å². The molecule has 0 bridgehead atoms. The van der Waals surface area contributed by atoms with Crippen LogP contribution < -0.4 is 0 Å². The van der Waals surface area contributed by atoms with Crippen molar-refractivity contribution >= 4 is 0 Å². The molecule has 0 saturated heterocycles. The Hall–Kier alpha value is -1.38. The van der Waals surface area contributed by atoms with Crippen LogP contribution in [0.15, 0.2) is 55.6 Å². The maximum atomic E-state index is 9.86. The van der Waals surface area contributed by atoms with Gasteiger partial charge in [0.05, 0.1) is 0 Å². The molecule has 2 nitrogen and oxygen atoms in total. The summed E-state index contributed by atoms with van der Waals surface area (Å²) in [5.74, 6) is 0. The van der Waals surface area contributed by atoms with Crippen LogP contribution in [0.1, 0.15) is 11.7 Å². The minimum absolute atomic E-state index is 0.634. The summed E-state index contributed by atoms with van der Waals surface area (Å²) in [6.07, 6.45) is 1.52. The van der Waals surface area contributed by atoms with E-state index in [1.54, 1.807) is 24.3 Å². The van der Waals surface area contributed by atoms with E-state index in [0.717, 1.165) is 0 Å². The zero-order valence-electron chi connectivity index (χ0n) is 7.93. The average Bonchev–Trinajstić information content (AvgIpc) is 2.28. The van der Waals surface area contributed by atoms with Gasteiger partial charge in [0.25, 0.3) is 0 Å². The fraction of sp³-hybridized carbons (Fsp3) is 0.167. The Balaban J connectivity index is 3.00. The molecule has 0 fully saturated rings. The minimum Gasteiger partial charge on any atom is -0.385 e. The Labute approximate surface area is 83.8 Å². The SMILES string of the molecule is C=CC(O)(C=C)C(O)c1ccccc1. The molecule has 0 amide bonds. The predicted octanol–water partition coefficient (Wildman–Crippen LogP) is 1.82. The van der Waals surface area contributed by atoms with Gasteiger partial charge in [-0.3, -0.25) is 0 Å². The zero-order valence-corrected chi connectivity index (χ0v) is 7.93. The molecule has 0 saturated carbocycles. The number of aliphatic hydroxyl groups is 2. The van der Waals surface area contributed by atoms with Crippen molar-refractivity contribution in [1.29, 1.82) is 0 Å². The molecule has 0 spiro atoms. The molecule has 1 rings (SSSR count). The second kappa shape index (κ2) is 4.22. The molecule has 2 N–H and O–H groups in total. The van der Waals surface area contributed by atoms with Crippen LogP contribution in [0.25, 0.3) is 0 Å². The standard InChI is InChI=1S/C12H14O2/c1-3-12(14,4-2)11(13)10-8-6-5-7-9-10/h3-9,11,13-14H,1-2H2. The van der Waals surface area contributed by atoms with Gasteiger partial charge in [-0.15, -0.1) is 0 Å². The van der Waals surface area contributed by atoms with E-state index in [2.05, 4.69) is 13.2 Å². The maximum absolute atomic E-state index is 9.86. The van der Waals surface area contributed by atoms with Gasteiger partial charge in [0.15, 0.2) is 0 Å². The summed E-state index contributed by atoms with van der Waals surface area (Å²) in [5, 5.41) is 19.7. The molecule has 0 aliphatic rings. The van der Waals surface area contributed by atoms with Crippen molar-refractivity contribution in [2.75, 3.05) is 0 Å². The van der Waals surface area contributed by atoms with Gasteiger partial charge in [-0.25, -0.2) is 0 Å². The predicted molar refractivity (Wildman–Crippen MR) is 56.7 cm³/mol. The summed E-state index contributed by atoms with van der Waals surface area (Å²) >= 11 is 0. The van der Waals surface area contributed by atoms with Gasteiger partial charge in [-0.05, 0) is 5.56 Å². The molecular formula is C12H14O2. The van der Waals surface area contributed by atoms with Crippen LogP contribution in [-0.2, 0) is 0 Å². The zero-order chi connectivity index (χ0) is 10.6. The first-order valence-corrected chi connectivity index (χ1v) is 4.36. The monoisotopic (exact) mass is 190 g/mol. The van der Waals surface area contributed by atoms with Crippen molar-refractivity contribution in [2.24, 2.45) is 0 Å². The highest BCUT2D eigenvalue weighted by Crippen LogP contribution is 2.27. The van der Waals surface area contributed by atoms with Crippen LogP contribution in [-0.4, -0.2) is 15.8 Å². The van der Waals surface area contributed by atoms with E-state index in [4.69, 9.17) is 0 Å². The number of aliphatic hydroxyl groups excluding tert-OH is 1. The Kier molecular flexibility index (Phi) is 3.23. The van der Waals surface area contributed by atoms with Gasteiger partial charge in [0.1, 0.15) is 11.7 Å². The van der Waals surface area contributed by atoms with Gasteiger partial charge >= 0.3 is 0 Å². The Morgan fingerprint density at radius 1 is 1.14 bits per heavy atom. The highest BCUT2D eigenvalue weighted by Gasteiger charge is 2.29. The highest BCUT2D eigenvalue weighted by atomic mass is 16.3. The minimum atomic E-state index is -1.47. The molecular weight excluding hydrogens is 176 g/mol. The molecule has 1 atom stereocenters. The third kappa shape index (κ3) is 1.92. The summed E-state index contributed by atoms with van der Waals surface area (Å²) in [6.45, 7) is 6.94. The first kappa shape index (κ1) is 10.7. The topological polar surface area (TPSA) is 40.5 Å². The molecule has 1 aromatic rings. The van der Waals surface area contributed by atoms with Crippen molar-refractivity contribution in [1.82, 2.24) is 0 Å². The molecule has 1 aromatic carbocycles. The van der Waals surface area contributed by atoms with Crippen LogP contribution in [0.4, 0.5) is 0 Å². The molecule has 0 heterocycles. The fourth-order valence-electron chi connectivity index (χ4n) is 1.21. The van der Waals surface area contributed by atoms with Gasteiger partial charge in [-0.1, -0.05) is 55.6 Å². The summed E-state index contributed by atoms with van der Waals surface area (Å²) in [7, 11) is 0. The number of rotatable bonds is 4. The van der Waals surface area contributed by atoms with Gasteiger partial charge in [0.2, 0.25) is 0 Å². The number of hydrogen-bond donors (Lipinski definition) is 2. The third-order valence-electron chi connectivity index (χ3n) is 2.21. The van der Waals surface area contributed by atoms with Gasteiger partial charge < -0.3 is 10.2 Å². The largest absolute Gasteiger partial charge is 0.385 e. The van der Waals surface area contributed by atoms with Gasteiger partial charge in [-0.2, -0.15) is 0 Å². The molecule has 1 unspecified atom stereocenters. The Morgan fingerprint density at radius 2 is 1.64 bits per heavy atom. The molecule has 0 aliphatic heterocycles. The molecule has 74 valence electrons. The quantitative estimate of drug-likeness (QED) is 0.711. The van der Waals surface area contributed by atoms with Crippen LogP contribution in [0, 0.1) is 0 Å². The highest BCUT2D eigenvalue weighted by molar-refractivity contribution is 5.26. The van der Waals surface area contributed by atoms with E-state index in [1.807, 2.05) is 6.07 Å². The van der Waals surface area contributed by atoms with E-state index >= 15 is 0 Å². The van der Waals surface area contributed by atoms with Crippen molar-refractivity contribution in [2.45, 2.75) is 11.7 Å². The van der Waals surface area contributed by atoms with Crippen LogP contribution >= 0.6 is 0 Å². The maximum Gasteiger partial charge on any atom is 0.130 e. The Morgan fingerprint density at radius 3 is 2.07 bits per heavy atom. The van der Waals surface area contributed by atoms with E-state index < -0.39 is 11.7 Å². The normalized spacial score (nSPS) is 13.3. The molecule has 0 aromatic heterocycles. The van der Waals surface area contributed by atoms with Crippen LogP contribution in [0.2, 0.25) is 0 Å². The lowest BCUT2D eigenvalue weighted by Gasteiger charge is -2.26. The molecule has 14 heavy (non-hydrogen) atoms. The van der Waals surface area contributed by atoms with E-state index in [0.29, 0.717) is 5.56 Å². The lowest BCUT2D eigenvalue weighted by Crippen LogP contribution is -2.31. The lowest BCUT2D eigenvalue weighted by molar-refractivity contribution is -0.00619. The van der Waals surface area contributed by atoms with Crippen molar-refractivity contribution in [3.8, 4) is 0 Å². The molecule has 2 heteroatoms. The lowest BCUT2D eigenvalue weighted by atomic mass is 9.91. The van der Waals surface area contributed by atoms with E-state index in [-0.39, 0.29) is 0 Å². The number of benzene rings is 1. The fourth-order valence-corrected chi connectivity index (χ4v) is 1.21. The second-order valence-electron chi connectivity index (χ2n) is 3.11. The Bertz CT molecular complexity index is 308. The van der Waals surface area contributed by atoms with Crippen molar-refractivity contribution in [3.05, 3.63) is 61.2 Å². The molecule has 0 aliphatic carbocycles. The molecule has 0 radical (unpaired) electrons. The van der Waals surface area contributed by atoms with E-state index in [1.165, 1.54) is 12.2 Å². The second-order valence-corrected chi connectivity index (χ2v) is 3.11. The van der Waals surface area contributed by atoms with Gasteiger partial charge in [0, 0.05) is 0 Å².